The molecule has 1 aliphatic rings. The number of hydrogen-bond acceptors (Lipinski definition) is 4. The van der Waals surface area contributed by atoms with Crippen LogP contribution in [0.3, 0.4) is 0 Å². The number of unbranched alkanes of at least 4 members (excludes halogenated alkanes) is 3. The molecule has 1 saturated carbocycles. The van der Waals surface area contributed by atoms with Crippen LogP contribution in [0.1, 0.15) is 64.7 Å². The van der Waals surface area contributed by atoms with Gasteiger partial charge in [0.1, 0.15) is 0 Å². The van der Waals surface area contributed by atoms with Gasteiger partial charge in [-0.15, -0.1) is 0 Å². The Morgan fingerprint density at radius 3 is 2.62 bits per heavy atom. The molecule has 0 amide bonds. The molecule has 3 N–H and O–H groups in total. The second kappa shape index (κ2) is 13.1. The van der Waals surface area contributed by atoms with Crippen LogP contribution in [-0.4, -0.2) is 46.7 Å². The van der Waals surface area contributed by atoms with Gasteiger partial charge in [0, 0.05) is 25.9 Å². The molecule has 0 bridgehead atoms. The Morgan fingerprint density at radius 2 is 1.96 bits per heavy atom. The van der Waals surface area contributed by atoms with Crippen molar-refractivity contribution in [3.8, 4) is 0 Å². The minimum atomic E-state index is -0.774. The van der Waals surface area contributed by atoms with Crippen molar-refractivity contribution in [2.45, 2.75) is 83.0 Å². The Hall–Kier alpha value is -1.17. The first-order valence-electron chi connectivity index (χ1n) is 9.93. The van der Waals surface area contributed by atoms with Crippen LogP contribution in [0.4, 0.5) is 0 Å². The monoisotopic (exact) mass is 368 g/mol. The van der Waals surface area contributed by atoms with Crippen molar-refractivity contribution in [3.05, 3.63) is 24.3 Å². The van der Waals surface area contributed by atoms with Crippen molar-refractivity contribution < 1.29 is 24.9 Å². The fourth-order valence-electron chi connectivity index (χ4n) is 3.59. The van der Waals surface area contributed by atoms with Crippen LogP contribution in [0.5, 0.6) is 0 Å². The number of aliphatic hydroxyl groups is 2. The van der Waals surface area contributed by atoms with Gasteiger partial charge in [0.15, 0.2) is 0 Å². The van der Waals surface area contributed by atoms with Crippen LogP contribution < -0.4 is 0 Å². The summed E-state index contributed by atoms with van der Waals surface area (Å²) in [5.74, 6) is -0.854. The first kappa shape index (κ1) is 22.9. The molecule has 0 spiro atoms. The maximum absolute atomic E-state index is 10.5. The van der Waals surface area contributed by atoms with Gasteiger partial charge in [-0.2, -0.15) is 0 Å². The fraction of sp³-hybridized carbons (Fsp3) is 0.762. The molecule has 0 aromatic rings. The predicted octanol–water partition coefficient (Wildman–Crippen LogP) is 3.70. The van der Waals surface area contributed by atoms with E-state index in [9.17, 15) is 15.0 Å². The zero-order valence-corrected chi connectivity index (χ0v) is 16.2. The molecule has 1 aliphatic carbocycles. The number of ether oxygens (including phenoxy) is 1. The average Bonchev–Trinajstić information content (AvgIpc) is 2.87. The molecule has 5 nitrogen and oxygen atoms in total. The minimum absolute atomic E-state index is 0.00915. The van der Waals surface area contributed by atoms with Crippen molar-refractivity contribution in [1.82, 2.24) is 0 Å². The standard InChI is InChI=1S/C21H36O5/c1-3-4-7-10-16(26-2)13-14-18-17(19(22)15-20(18)23)11-8-5-6-9-12-21(24)25/h5,8,13-14,16-20,22-23H,3-4,6-7,9-12,15H2,1-2H3,(H,24,25)/b8-5-,14-13+/t16-,17+,18+,19-,20+/m0/s1. The summed E-state index contributed by atoms with van der Waals surface area (Å²) in [6.45, 7) is 2.17. The Kier molecular flexibility index (Phi) is 11.5. The summed E-state index contributed by atoms with van der Waals surface area (Å²) in [5, 5.41) is 29.2. The number of methoxy groups -OCH3 is 1. The Balaban J connectivity index is 2.53. The minimum Gasteiger partial charge on any atom is -0.481 e. The summed E-state index contributed by atoms with van der Waals surface area (Å²) in [7, 11) is 1.71. The number of rotatable bonds is 13. The smallest absolute Gasteiger partial charge is 0.303 e. The number of carboxylic acid groups (broad SMARTS) is 1. The van der Waals surface area contributed by atoms with Crippen molar-refractivity contribution >= 4 is 5.97 Å². The van der Waals surface area contributed by atoms with E-state index in [1.54, 1.807) is 7.11 Å². The number of allylic oxidation sites excluding steroid dienone is 2. The molecule has 0 saturated heterocycles. The molecule has 0 aliphatic heterocycles. The third kappa shape index (κ3) is 8.47. The molecular formula is C21H36O5. The quantitative estimate of drug-likeness (QED) is 0.341. The van der Waals surface area contributed by atoms with Crippen molar-refractivity contribution in [1.29, 1.82) is 0 Å². The third-order valence-corrected chi connectivity index (χ3v) is 5.20. The maximum atomic E-state index is 10.5. The number of carbonyl (C=O) groups is 1. The van der Waals surface area contributed by atoms with Crippen LogP contribution in [0, 0.1) is 11.8 Å². The van der Waals surface area contributed by atoms with Crippen molar-refractivity contribution in [2.75, 3.05) is 7.11 Å². The van der Waals surface area contributed by atoms with E-state index in [-0.39, 0.29) is 24.4 Å². The topological polar surface area (TPSA) is 87.0 Å². The highest BCUT2D eigenvalue weighted by atomic mass is 16.5. The molecule has 5 atom stereocenters. The second-order valence-electron chi connectivity index (χ2n) is 7.26. The molecule has 0 unspecified atom stereocenters. The summed E-state index contributed by atoms with van der Waals surface area (Å²) in [5.41, 5.74) is 0. The van der Waals surface area contributed by atoms with Gasteiger partial charge in [0.2, 0.25) is 0 Å². The summed E-state index contributed by atoms with van der Waals surface area (Å²) in [6, 6.07) is 0. The molecule has 0 radical (unpaired) electrons. The van der Waals surface area contributed by atoms with Gasteiger partial charge in [-0.25, -0.2) is 0 Å². The molecule has 1 rings (SSSR count). The molecule has 150 valence electrons. The molecule has 0 heterocycles. The zero-order valence-electron chi connectivity index (χ0n) is 16.2. The number of hydrogen-bond donors (Lipinski definition) is 3. The molecule has 5 heteroatoms. The maximum Gasteiger partial charge on any atom is 0.303 e. The van der Waals surface area contributed by atoms with E-state index in [2.05, 4.69) is 6.92 Å². The molecule has 1 fully saturated rings. The van der Waals surface area contributed by atoms with E-state index in [1.165, 1.54) is 12.8 Å². The van der Waals surface area contributed by atoms with E-state index in [0.29, 0.717) is 19.3 Å². The molecule has 26 heavy (non-hydrogen) atoms. The van der Waals surface area contributed by atoms with Crippen molar-refractivity contribution in [2.24, 2.45) is 11.8 Å². The van der Waals surface area contributed by atoms with Gasteiger partial charge in [0.05, 0.1) is 18.3 Å². The summed E-state index contributed by atoms with van der Waals surface area (Å²) >= 11 is 0. The largest absolute Gasteiger partial charge is 0.481 e. The van der Waals surface area contributed by atoms with Gasteiger partial charge >= 0.3 is 5.97 Å². The lowest BCUT2D eigenvalue weighted by Crippen LogP contribution is -2.20. The fourth-order valence-corrected chi connectivity index (χ4v) is 3.59. The average molecular weight is 369 g/mol. The third-order valence-electron chi connectivity index (χ3n) is 5.20. The highest BCUT2D eigenvalue weighted by Gasteiger charge is 2.39. The SMILES string of the molecule is CCCCC[C@@H](/C=C/[C@@H]1[C@@H](C/C=C\CCCC(=O)O)[C@@H](O)C[C@H]1O)OC. The molecule has 0 aromatic carbocycles. The van der Waals surface area contributed by atoms with Crippen molar-refractivity contribution in [3.63, 3.8) is 0 Å². The van der Waals surface area contributed by atoms with Crippen LogP contribution in [0.15, 0.2) is 24.3 Å². The second-order valence-corrected chi connectivity index (χ2v) is 7.26. The Labute approximate surface area is 157 Å². The summed E-state index contributed by atoms with van der Waals surface area (Å²) in [6.07, 6.45) is 14.1. The van der Waals surface area contributed by atoms with Crippen LogP contribution >= 0.6 is 0 Å². The van der Waals surface area contributed by atoms with Crippen LogP contribution in [0.25, 0.3) is 0 Å². The van der Waals surface area contributed by atoms with Gasteiger partial charge < -0.3 is 20.1 Å². The highest BCUT2D eigenvalue weighted by molar-refractivity contribution is 5.66. The summed E-state index contributed by atoms with van der Waals surface area (Å²) < 4.78 is 5.51. The lowest BCUT2D eigenvalue weighted by Gasteiger charge is -2.20. The first-order valence-corrected chi connectivity index (χ1v) is 9.93. The van der Waals surface area contributed by atoms with Crippen LogP contribution in [0.2, 0.25) is 0 Å². The lowest BCUT2D eigenvalue weighted by atomic mass is 9.89. The number of carboxylic acids is 1. The normalized spacial score (nSPS) is 27.5. The summed E-state index contributed by atoms with van der Waals surface area (Å²) in [4.78, 5) is 10.5. The van der Waals surface area contributed by atoms with E-state index in [1.807, 2.05) is 24.3 Å². The van der Waals surface area contributed by atoms with Crippen LogP contribution in [-0.2, 0) is 9.53 Å². The van der Waals surface area contributed by atoms with Gasteiger partial charge in [-0.3, -0.25) is 4.79 Å². The Morgan fingerprint density at radius 1 is 1.19 bits per heavy atom. The van der Waals surface area contributed by atoms with E-state index in [0.717, 1.165) is 19.3 Å². The highest BCUT2D eigenvalue weighted by Crippen LogP contribution is 2.36. The first-order chi connectivity index (χ1) is 12.5. The van der Waals surface area contributed by atoms with Gasteiger partial charge in [-0.1, -0.05) is 50.5 Å². The molecule has 0 aromatic heterocycles. The number of aliphatic carboxylic acids is 1. The predicted molar refractivity (Wildman–Crippen MR) is 103 cm³/mol. The molecular weight excluding hydrogens is 332 g/mol. The Bertz CT molecular complexity index is 446. The van der Waals surface area contributed by atoms with E-state index < -0.39 is 18.2 Å². The van der Waals surface area contributed by atoms with E-state index >= 15 is 0 Å². The zero-order chi connectivity index (χ0) is 19.4. The van der Waals surface area contributed by atoms with Gasteiger partial charge in [-0.05, 0) is 31.6 Å². The number of aliphatic hydroxyl groups excluding tert-OH is 2. The van der Waals surface area contributed by atoms with E-state index in [4.69, 9.17) is 9.84 Å². The van der Waals surface area contributed by atoms with Gasteiger partial charge in [0.25, 0.3) is 0 Å². The lowest BCUT2D eigenvalue weighted by molar-refractivity contribution is -0.137.